The monoisotopic (exact) mass is 386 g/mol. The molecule has 1 unspecified atom stereocenters. The second-order valence-electron chi connectivity index (χ2n) is 6.02. The van der Waals surface area contributed by atoms with Crippen molar-refractivity contribution in [2.24, 2.45) is 0 Å². The Kier molecular flexibility index (Phi) is 5.61. The standard InChI is InChI=1S/C19H19ClN4O3/c1-11(18(26)24-19-22-15-5-3-4-6-16(15)23-19)21-17(25)9-12-7-8-13(27-2)10-14(12)20/h3-8,10-11H,9H2,1-2H3,(H,21,25)(H2,22,23,24,26). The van der Waals surface area contributed by atoms with Crippen LogP contribution < -0.4 is 15.4 Å². The predicted octanol–water partition coefficient (Wildman–Crippen LogP) is 2.91. The Bertz CT molecular complexity index is 953. The highest BCUT2D eigenvalue weighted by Gasteiger charge is 2.18. The molecule has 1 aromatic heterocycles. The number of benzene rings is 2. The second-order valence-corrected chi connectivity index (χ2v) is 6.42. The Balaban J connectivity index is 1.58. The van der Waals surface area contributed by atoms with Gasteiger partial charge < -0.3 is 15.0 Å². The summed E-state index contributed by atoms with van der Waals surface area (Å²) in [5.41, 5.74) is 2.22. The molecule has 7 nitrogen and oxygen atoms in total. The maximum absolute atomic E-state index is 12.3. The second kappa shape index (κ2) is 8.09. The van der Waals surface area contributed by atoms with Crippen LogP contribution in [0.1, 0.15) is 12.5 Å². The number of para-hydroxylation sites is 2. The minimum Gasteiger partial charge on any atom is -0.497 e. The molecule has 0 saturated heterocycles. The Morgan fingerprint density at radius 2 is 2.04 bits per heavy atom. The van der Waals surface area contributed by atoms with E-state index in [1.165, 1.54) is 0 Å². The first-order valence-corrected chi connectivity index (χ1v) is 8.71. The van der Waals surface area contributed by atoms with Crippen molar-refractivity contribution in [1.29, 1.82) is 0 Å². The third kappa shape index (κ3) is 4.57. The van der Waals surface area contributed by atoms with Gasteiger partial charge in [0.2, 0.25) is 17.8 Å². The summed E-state index contributed by atoms with van der Waals surface area (Å²) >= 11 is 6.15. The van der Waals surface area contributed by atoms with E-state index in [1.54, 1.807) is 32.2 Å². The Morgan fingerprint density at radius 1 is 1.26 bits per heavy atom. The number of halogens is 1. The molecule has 0 bridgehead atoms. The van der Waals surface area contributed by atoms with Gasteiger partial charge in [0.25, 0.3) is 0 Å². The van der Waals surface area contributed by atoms with E-state index in [-0.39, 0.29) is 18.2 Å². The quantitative estimate of drug-likeness (QED) is 0.607. The fourth-order valence-electron chi connectivity index (χ4n) is 2.57. The number of fused-ring (bicyclic) bond motifs is 1. The van der Waals surface area contributed by atoms with Crippen LogP contribution in [0.2, 0.25) is 5.02 Å². The van der Waals surface area contributed by atoms with Crippen molar-refractivity contribution in [1.82, 2.24) is 15.3 Å². The maximum atomic E-state index is 12.3. The largest absolute Gasteiger partial charge is 0.497 e. The number of H-pyrrole nitrogens is 1. The van der Waals surface area contributed by atoms with Gasteiger partial charge in [0.05, 0.1) is 24.6 Å². The van der Waals surface area contributed by atoms with Crippen molar-refractivity contribution >= 4 is 40.4 Å². The first-order chi connectivity index (χ1) is 13.0. The van der Waals surface area contributed by atoms with Crippen molar-refractivity contribution in [3.63, 3.8) is 0 Å². The van der Waals surface area contributed by atoms with Gasteiger partial charge in [-0.3, -0.25) is 14.9 Å². The van der Waals surface area contributed by atoms with Crippen molar-refractivity contribution in [3.05, 3.63) is 53.1 Å². The zero-order valence-electron chi connectivity index (χ0n) is 14.9. The molecule has 1 atom stereocenters. The Labute approximate surface area is 161 Å². The Hall–Kier alpha value is -3.06. The molecule has 0 fully saturated rings. The number of amides is 2. The molecule has 2 aromatic carbocycles. The molecular weight excluding hydrogens is 368 g/mol. The van der Waals surface area contributed by atoms with E-state index in [2.05, 4.69) is 20.6 Å². The highest BCUT2D eigenvalue weighted by molar-refractivity contribution is 6.31. The molecule has 0 aliphatic carbocycles. The molecule has 0 radical (unpaired) electrons. The lowest BCUT2D eigenvalue weighted by Gasteiger charge is -2.13. The number of ether oxygens (including phenoxy) is 1. The zero-order chi connectivity index (χ0) is 19.4. The number of hydrogen-bond acceptors (Lipinski definition) is 4. The zero-order valence-corrected chi connectivity index (χ0v) is 15.6. The summed E-state index contributed by atoms with van der Waals surface area (Å²) in [5.74, 6) is 0.265. The normalized spacial score (nSPS) is 11.8. The summed E-state index contributed by atoms with van der Waals surface area (Å²) in [6.45, 7) is 1.60. The predicted molar refractivity (Wildman–Crippen MR) is 104 cm³/mol. The van der Waals surface area contributed by atoms with E-state index in [1.807, 2.05) is 24.3 Å². The van der Waals surface area contributed by atoms with Gasteiger partial charge in [-0.15, -0.1) is 0 Å². The first-order valence-electron chi connectivity index (χ1n) is 8.33. The molecule has 0 aliphatic rings. The highest BCUT2D eigenvalue weighted by Crippen LogP contribution is 2.22. The third-order valence-electron chi connectivity index (χ3n) is 4.01. The summed E-state index contributed by atoms with van der Waals surface area (Å²) in [5, 5.41) is 5.75. The fourth-order valence-corrected chi connectivity index (χ4v) is 2.80. The summed E-state index contributed by atoms with van der Waals surface area (Å²) in [4.78, 5) is 31.8. The minimum atomic E-state index is -0.734. The van der Waals surface area contributed by atoms with E-state index in [0.29, 0.717) is 22.3 Å². The van der Waals surface area contributed by atoms with Crippen LogP contribution in [0.4, 0.5) is 5.95 Å². The number of hydrogen-bond donors (Lipinski definition) is 3. The molecule has 3 N–H and O–H groups in total. The summed E-state index contributed by atoms with van der Waals surface area (Å²) in [6.07, 6.45) is 0.0606. The topological polar surface area (TPSA) is 96.1 Å². The van der Waals surface area contributed by atoms with Crippen LogP contribution >= 0.6 is 11.6 Å². The number of aromatic nitrogens is 2. The number of imidazole rings is 1. The maximum Gasteiger partial charge on any atom is 0.248 e. The van der Waals surface area contributed by atoms with Gasteiger partial charge >= 0.3 is 0 Å². The smallest absolute Gasteiger partial charge is 0.248 e. The van der Waals surface area contributed by atoms with Crippen LogP contribution in [0.3, 0.4) is 0 Å². The van der Waals surface area contributed by atoms with Gasteiger partial charge in [-0.1, -0.05) is 29.8 Å². The number of carbonyl (C=O) groups is 2. The highest BCUT2D eigenvalue weighted by atomic mass is 35.5. The van der Waals surface area contributed by atoms with Gasteiger partial charge in [0.1, 0.15) is 11.8 Å². The van der Waals surface area contributed by atoms with Crippen molar-refractivity contribution in [2.45, 2.75) is 19.4 Å². The third-order valence-corrected chi connectivity index (χ3v) is 4.36. The summed E-state index contributed by atoms with van der Waals surface area (Å²) in [6, 6.07) is 11.8. The van der Waals surface area contributed by atoms with Gasteiger partial charge in [-0.25, -0.2) is 4.98 Å². The SMILES string of the molecule is COc1ccc(CC(=O)NC(C)C(=O)Nc2nc3ccccc3[nH]2)c(Cl)c1. The number of anilines is 1. The first kappa shape index (κ1) is 18.7. The summed E-state index contributed by atoms with van der Waals surface area (Å²) < 4.78 is 5.08. The molecule has 8 heteroatoms. The number of nitrogens with one attached hydrogen (secondary N) is 3. The molecule has 3 aromatic rings. The number of nitrogens with zero attached hydrogens (tertiary/aromatic N) is 1. The average Bonchev–Trinajstić information content (AvgIpc) is 3.05. The van der Waals surface area contributed by atoms with E-state index in [0.717, 1.165) is 11.0 Å². The van der Waals surface area contributed by atoms with Crippen LogP contribution in [0.5, 0.6) is 5.75 Å². The minimum absolute atomic E-state index is 0.0606. The van der Waals surface area contributed by atoms with Gasteiger partial charge in [-0.2, -0.15) is 0 Å². The van der Waals surface area contributed by atoms with E-state index in [4.69, 9.17) is 16.3 Å². The lowest BCUT2D eigenvalue weighted by molar-refractivity contribution is -0.125. The van der Waals surface area contributed by atoms with Crippen molar-refractivity contribution in [2.75, 3.05) is 12.4 Å². The van der Waals surface area contributed by atoms with E-state index >= 15 is 0 Å². The number of carbonyl (C=O) groups excluding carboxylic acids is 2. The lowest BCUT2D eigenvalue weighted by atomic mass is 10.1. The molecule has 1 heterocycles. The number of aromatic amines is 1. The van der Waals surface area contributed by atoms with Gasteiger partial charge in [0.15, 0.2) is 0 Å². The van der Waals surface area contributed by atoms with Crippen LogP contribution in [0.25, 0.3) is 11.0 Å². The van der Waals surface area contributed by atoms with Gasteiger partial charge in [-0.05, 0) is 36.8 Å². The molecule has 2 amide bonds. The van der Waals surface area contributed by atoms with E-state index in [9.17, 15) is 9.59 Å². The van der Waals surface area contributed by atoms with Gasteiger partial charge in [0, 0.05) is 5.02 Å². The molecule has 3 rings (SSSR count). The molecule has 0 spiro atoms. The molecule has 140 valence electrons. The molecule has 0 aliphatic heterocycles. The van der Waals surface area contributed by atoms with Crippen LogP contribution in [-0.4, -0.2) is 34.9 Å². The van der Waals surface area contributed by atoms with Crippen molar-refractivity contribution < 1.29 is 14.3 Å². The summed E-state index contributed by atoms with van der Waals surface area (Å²) in [7, 11) is 1.54. The number of methoxy groups -OCH3 is 1. The van der Waals surface area contributed by atoms with Crippen LogP contribution in [0.15, 0.2) is 42.5 Å². The number of rotatable bonds is 6. The fraction of sp³-hybridized carbons (Fsp3) is 0.211. The molecule has 0 saturated carbocycles. The average molecular weight is 387 g/mol. The molecule has 27 heavy (non-hydrogen) atoms. The van der Waals surface area contributed by atoms with E-state index < -0.39 is 6.04 Å². The van der Waals surface area contributed by atoms with Crippen LogP contribution in [0, 0.1) is 0 Å². The van der Waals surface area contributed by atoms with Crippen LogP contribution in [-0.2, 0) is 16.0 Å². The lowest BCUT2D eigenvalue weighted by Crippen LogP contribution is -2.42. The Morgan fingerprint density at radius 3 is 2.74 bits per heavy atom. The molecular formula is C19H19ClN4O3. The van der Waals surface area contributed by atoms with Crippen molar-refractivity contribution in [3.8, 4) is 5.75 Å².